The maximum absolute atomic E-state index is 5.82. The molecule has 15 heavy (non-hydrogen) atoms. The second-order valence-electron chi connectivity index (χ2n) is 3.32. The number of nitrogens with one attached hydrogen (secondary N) is 1. The average Bonchev–Trinajstić information content (AvgIpc) is 2.76. The van der Waals surface area contributed by atoms with Crippen LogP contribution >= 0.6 is 27.3 Å². The van der Waals surface area contributed by atoms with Gasteiger partial charge in [0.05, 0.1) is 14.4 Å². The molecule has 2 aromatic heterocycles. The molecule has 3 N–H and O–H groups in total. The Kier molecular flexibility index (Phi) is 3.11. The fraction of sp³-hybridized carbons (Fsp3) is 0.300. The summed E-state index contributed by atoms with van der Waals surface area (Å²) < 4.78 is 1.12. The molecule has 0 aliphatic rings. The third-order valence-corrected chi connectivity index (χ3v) is 3.86. The van der Waals surface area contributed by atoms with E-state index in [0.29, 0.717) is 5.82 Å². The van der Waals surface area contributed by atoms with Crippen LogP contribution in [0.1, 0.15) is 18.9 Å². The third-order valence-electron chi connectivity index (χ3n) is 2.22. The highest BCUT2D eigenvalue weighted by atomic mass is 79.9. The van der Waals surface area contributed by atoms with E-state index in [2.05, 4.69) is 39.1 Å². The minimum absolute atomic E-state index is 0.622. The van der Waals surface area contributed by atoms with Crippen LogP contribution in [0.5, 0.6) is 0 Å². The number of nitrogen functional groups attached to an aromatic ring is 1. The summed E-state index contributed by atoms with van der Waals surface area (Å²) >= 11 is 5.14. The summed E-state index contributed by atoms with van der Waals surface area (Å²) in [6.07, 6.45) is 2.04. The van der Waals surface area contributed by atoms with Crippen LogP contribution in [0, 0.1) is 0 Å². The molecule has 5 heteroatoms. The first kappa shape index (κ1) is 10.7. The van der Waals surface area contributed by atoms with Crippen LogP contribution in [-0.4, -0.2) is 10.2 Å². The Morgan fingerprint density at radius 3 is 2.93 bits per heavy atom. The van der Waals surface area contributed by atoms with E-state index < -0.39 is 0 Å². The van der Waals surface area contributed by atoms with Crippen molar-refractivity contribution < 1.29 is 0 Å². The van der Waals surface area contributed by atoms with Crippen molar-refractivity contribution in [1.82, 2.24) is 10.2 Å². The van der Waals surface area contributed by atoms with Gasteiger partial charge in [0, 0.05) is 5.56 Å². The van der Waals surface area contributed by atoms with Crippen molar-refractivity contribution in [3.63, 3.8) is 0 Å². The number of hydrogen-bond donors (Lipinski definition) is 2. The smallest absolute Gasteiger partial charge is 0.149 e. The monoisotopic (exact) mass is 285 g/mol. The predicted molar refractivity (Wildman–Crippen MR) is 68.0 cm³/mol. The maximum atomic E-state index is 5.82. The molecule has 2 heterocycles. The van der Waals surface area contributed by atoms with E-state index in [1.54, 1.807) is 11.3 Å². The van der Waals surface area contributed by atoms with Gasteiger partial charge in [-0.2, -0.15) is 5.10 Å². The fourth-order valence-electron chi connectivity index (χ4n) is 1.53. The molecule has 0 aliphatic carbocycles. The van der Waals surface area contributed by atoms with Crippen molar-refractivity contribution in [2.75, 3.05) is 5.73 Å². The summed E-state index contributed by atoms with van der Waals surface area (Å²) in [5.74, 6) is 0.622. The minimum Gasteiger partial charge on any atom is -0.382 e. The van der Waals surface area contributed by atoms with E-state index in [1.807, 2.05) is 6.07 Å². The molecule has 0 saturated carbocycles. The number of H-pyrrole nitrogens is 1. The zero-order valence-corrected chi connectivity index (χ0v) is 10.8. The first-order valence-electron chi connectivity index (χ1n) is 4.80. The van der Waals surface area contributed by atoms with Gasteiger partial charge in [-0.3, -0.25) is 5.10 Å². The Balaban J connectivity index is 2.43. The fourth-order valence-corrected chi connectivity index (χ4v) is 2.94. The lowest BCUT2D eigenvalue weighted by Crippen LogP contribution is -1.91. The quantitative estimate of drug-likeness (QED) is 0.908. The number of aromatic amines is 1. The van der Waals surface area contributed by atoms with Crippen LogP contribution in [0.25, 0.3) is 10.6 Å². The van der Waals surface area contributed by atoms with Gasteiger partial charge in [-0.1, -0.05) is 13.3 Å². The van der Waals surface area contributed by atoms with Crippen LogP contribution in [0.15, 0.2) is 15.9 Å². The van der Waals surface area contributed by atoms with Crippen molar-refractivity contribution in [2.45, 2.75) is 19.8 Å². The van der Waals surface area contributed by atoms with Crippen LogP contribution in [0.4, 0.5) is 5.82 Å². The Hall–Kier alpha value is -0.810. The van der Waals surface area contributed by atoms with Crippen LogP contribution in [-0.2, 0) is 6.42 Å². The van der Waals surface area contributed by atoms with Crippen molar-refractivity contribution in [2.24, 2.45) is 0 Å². The highest BCUT2D eigenvalue weighted by Crippen LogP contribution is 2.34. The van der Waals surface area contributed by atoms with E-state index in [-0.39, 0.29) is 0 Å². The van der Waals surface area contributed by atoms with Crippen molar-refractivity contribution >= 4 is 33.1 Å². The SMILES string of the molecule is CCCc1c(N)n[nH]c1-c1ccc(Br)s1. The first-order chi connectivity index (χ1) is 7.22. The van der Waals surface area contributed by atoms with Crippen LogP contribution in [0.3, 0.4) is 0 Å². The lowest BCUT2D eigenvalue weighted by atomic mass is 10.1. The molecule has 0 saturated heterocycles. The molecule has 0 bridgehead atoms. The molecule has 0 radical (unpaired) electrons. The van der Waals surface area contributed by atoms with Gasteiger partial charge in [0.25, 0.3) is 0 Å². The lowest BCUT2D eigenvalue weighted by Gasteiger charge is -1.99. The van der Waals surface area contributed by atoms with Crippen LogP contribution < -0.4 is 5.73 Å². The predicted octanol–water partition coefficient (Wildman–Crippen LogP) is 3.44. The molecular weight excluding hydrogens is 274 g/mol. The normalized spacial score (nSPS) is 10.8. The van der Waals surface area contributed by atoms with Crippen molar-refractivity contribution in [3.05, 3.63) is 21.5 Å². The number of halogens is 1. The van der Waals surface area contributed by atoms with Gasteiger partial charge in [0.2, 0.25) is 0 Å². The Bertz CT molecular complexity index is 461. The standard InChI is InChI=1S/C10H12BrN3S/c1-2-3-6-9(13-14-10(6)12)7-4-5-8(11)15-7/h4-5H,2-3H2,1H3,(H3,12,13,14). The number of nitrogens with two attached hydrogens (primary N) is 1. The Morgan fingerprint density at radius 1 is 1.53 bits per heavy atom. The minimum atomic E-state index is 0.622. The molecule has 0 amide bonds. The van der Waals surface area contributed by atoms with Gasteiger partial charge >= 0.3 is 0 Å². The number of hydrogen-bond acceptors (Lipinski definition) is 3. The summed E-state index contributed by atoms with van der Waals surface area (Å²) in [5.41, 5.74) is 8.01. The first-order valence-corrected chi connectivity index (χ1v) is 6.41. The van der Waals surface area contributed by atoms with Crippen molar-refractivity contribution in [3.8, 4) is 10.6 Å². The molecule has 3 nitrogen and oxygen atoms in total. The van der Waals surface area contributed by atoms with Gasteiger partial charge in [0.1, 0.15) is 5.82 Å². The molecule has 0 spiro atoms. The Labute approximate surface area is 101 Å². The zero-order valence-electron chi connectivity index (χ0n) is 8.38. The number of anilines is 1. The molecule has 0 unspecified atom stereocenters. The van der Waals surface area contributed by atoms with Crippen molar-refractivity contribution in [1.29, 1.82) is 0 Å². The molecule has 0 atom stereocenters. The molecule has 80 valence electrons. The summed E-state index contributed by atoms with van der Waals surface area (Å²) in [6, 6.07) is 4.10. The molecule has 0 aromatic carbocycles. The lowest BCUT2D eigenvalue weighted by molar-refractivity contribution is 0.927. The zero-order chi connectivity index (χ0) is 10.8. The molecule has 0 fully saturated rings. The van der Waals surface area contributed by atoms with E-state index >= 15 is 0 Å². The van der Waals surface area contributed by atoms with E-state index in [1.165, 1.54) is 4.88 Å². The summed E-state index contributed by atoms with van der Waals surface area (Å²) in [5, 5.41) is 7.07. The Morgan fingerprint density at radius 2 is 2.33 bits per heavy atom. The van der Waals surface area contributed by atoms with Gasteiger partial charge in [-0.05, 0) is 34.5 Å². The molecule has 2 rings (SSSR count). The molecule has 0 aliphatic heterocycles. The van der Waals surface area contributed by atoms with Gasteiger partial charge < -0.3 is 5.73 Å². The van der Waals surface area contributed by atoms with E-state index in [4.69, 9.17) is 5.73 Å². The van der Waals surface area contributed by atoms with Gasteiger partial charge in [-0.25, -0.2) is 0 Å². The van der Waals surface area contributed by atoms with Crippen LogP contribution in [0.2, 0.25) is 0 Å². The topological polar surface area (TPSA) is 54.7 Å². The van der Waals surface area contributed by atoms with Gasteiger partial charge in [-0.15, -0.1) is 11.3 Å². The second kappa shape index (κ2) is 4.37. The number of aromatic nitrogens is 2. The largest absolute Gasteiger partial charge is 0.382 e. The number of nitrogens with zero attached hydrogens (tertiary/aromatic N) is 1. The second-order valence-corrected chi connectivity index (χ2v) is 5.78. The van der Waals surface area contributed by atoms with E-state index in [0.717, 1.165) is 27.9 Å². The highest BCUT2D eigenvalue weighted by molar-refractivity contribution is 9.11. The number of thiophene rings is 1. The van der Waals surface area contributed by atoms with Gasteiger partial charge in [0.15, 0.2) is 0 Å². The maximum Gasteiger partial charge on any atom is 0.149 e. The number of rotatable bonds is 3. The summed E-state index contributed by atoms with van der Waals surface area (Å²) in [4.78, 5) is 1.18. The third kappa shape index (κ3) is 2.08. The summed E-state index contributed by atoms with van der Waals surface area (Å²) in [6.45, 7) is 2.14. The highest BCUT2D eigenvalue weighted by Gasteiger charge is 2.13. The average molecular weight is 286 g/mol. The summed E-state index contributed by atoms with van der Waals surface area (Å²) in [7, 11) is 0. The molecule has 2 aromatic rings. The molecular formula is C10H12BrN3S. The van der Waals surface area contributed by atoms with E-state index in [9.17, 15) is 0 Å².